The van der Waals surface area contributed by atoms with Crippen LogP contribution in [0, 0.1) is 11.8 Å². The molecule has 2 saturated carbocycles. The summed E-state index contributed by atoms with van der Waals surface area (Å²) in [5.74, 6) is 1.59. The van der Waals surface area contributed by atoms with Crippen molar-refractivity contribution in [2.45, 2.75) is 64.3 Å². The lowest BCUT2D eigenvalue weighted by atomic mass is 9.75. The van der Waals surface area contributed by atoms with Crippen LogP contribution in [-0.2, 0) is 9.53 Å². The third-order valence-electron chi connectivity index (χ3n) is 4.63. The number of carbonyl (C=O) groups excluding carboxylic acids is 1. The minimum absolute atomic E-state index is 0.0137. The van der Waals surface area contributed by atoms with Crippen molar-refractivity contribution in [3.05, 3.63) is 0 Å². The molecule has 0 amide bonds. The lowest BCUT2D eigenvalue weighted by Gasteiger charge is -2.38. The van der Waals surface area contributed by atoms with Crippen molar-refractivity contribution in [3.8, 4) is 0 Å². The molecule has 2 fully saturated rings. The molecule has 2 rings (SSSR count). The summed E-state index contributed by atoms with van der Waals surface area (Å²) in [7, 11) is 0. The van der Waals surface area contributed by atoms with Gasteiger partial charge in [-0.3, -0.25) is 4.79 Å². The molecule has 0 heterocycles. The summed E-state index contributed by atoms with van der Waals surface area (Å²) in [5.41, 5.74) is -0.371. The molecule has 0 unspecified atom stereocenters. The van der Waals surface area contributed by atoms with Gasteiger partial charge >= 0.3 is 5.97 Å². The number of nitrogens with one attached hydrogen (secondary N) is 1. The third-order valence-corrected chi connectivity index (χ3v) is 4.63. The molecule has 0 atom stereocenters. The first-order valence-corrected chi connectivity index (χ1v) is 7.62. The molecule has 18 heavy (non-hydrogen) atoms. The molecule has 0 radical (unpaired) electrons. The van der Waals surface area contributed by atoms with Gasteiger partial charge in [-0.15, -0.1) is 0 Å². The zero-order chi connectivity index (χ0) is 13.0. The van der Waals surface area contributed by atoms with Crippen molar-refractivity contribution in [1.82, 2.24) is 5.32 Å². The van der Waals surface area contributed by atoms with E-state index in [1.54, 1.807) is 0 Å². The summed E-state index contributed by atoms with van der Waals surface area (Å²) in [6.45, 7) is 5.63. The summed E-state index contributed by atoms with van der Waals surface area (Å²) in [5, 5.41) is 3.55. The Bertz CT molecular complexity index is 278. The van der Waals surface area contributed by atoms with Crippen LogP contribution in [0.1, 0.15) is 58.8 Å². The molecule has 0 aromatic heterocycles. The molecule has 0 saturated heterocycles. The Morgan fingerprint density at radius 2 is 1.83 bits per heavy atom. The fraction of sp³-hybridized carbons (Fsp3) is 0.933. The van der Waals surface area contributed by atoms with Crippen molar-refractivity contribution < 1.29 is 9.53 Å². The first-order chi connectivity index (χ1) is 8.70. The minimum Gasteiger partial charge on any atom is -0.465 e. The number of esters is 1. The van der Waals surface area contributed by atoms with Crippen LogP contribution in [-0.4, -0.2) is 24.7 Å². The highest BCUT2D eigenvalue weighted by Gasteiger charge is 2.43. The van der Waals surface area contributed by atoms with Crippen molar-refractivity contribution in [3.63, 3.8) is 0 Å². The van der Waals surface area contributed by atoms with Gasteiger partial charge in [0.05, 0.1) is 6.61 Å². The Kier molecular flexibility index (Phi) is 4.66. The smallest absolute Gasteiger partial charge is 0.326 e. The number of rotatable bonds is 6. The van der Waals surface area contributed by atoms with E-state index in [4.69, 9.17) is 4.74 Å². The Balaban J connectivity index is 1.95. The second-order valence-electron chi connectivity index (χ2n) is 5.98. The van der Waals surface area contributed by atoms with Crippen LogP contribution in [0.4, 0.5) is 0 Å². The first-order valence-electron chi connectivity index (χ1n) is 7.62. The molecular formula is C15H27NO2. The predicted molar refractivity (Wildman–Crippen MR) is 72.3 cm³/mol. The normalized spacial score (nSPS) is 32.2. The maximum absolute atomic E-state index is 12.3. The molecule has 1 N–H and O–H groups in total. The number of carbonyl (C=O) groups is 1. The lowest BCUT2D eigenvalue weighted by molar-refractivity contribution is -0.153. The van der Waals surface area contributed by atoms with E-state index in [0.717, 1.165) is 44.1 Å². The van der Waals surface area contributed by atoms with Gasteiger partial charge in [0.2, 0.25) is 0 Å². The van der Waals surface area contributed by atoms with Gasteiger partial charge in [0, 0.05) is 0 Å². The molecule has 0 aliphatic heterocycles. The van der Waals surface area contributed by atoms with Crippen LogP contribution < -0.4 is 5.32 Å². The number of hydrogen-bond acceptors (Lipinski definition) is 3. The molecule has 2 aliphatic rings. The average Bonchev–Trinajstić information content (AvgIpc) is 3.21. The Labute approximate surface area is 111 Å². The molecule has 0 bridgehead atoms. The molecule has 3 nitrogen and oxygen atoms in total. The van der Waals surface area contributed by atoms with E-state index in [2.05, 4.69) is 12.2 Å². The summed E-state index contributed by atoms with van der Waals surface area (Å²) in [4.78, 5) is 12.3. The molecule has 0 aromatic carbocycles. The topological polar surface area (TPSA) is 38.3 Å². The number of ether oxygens (including phenoxy) is 1. The van der Waals surface area contributed by atoms with E-state index in [0.29, 0.717) is 6.61 Å². The molecule has 2 aliphatic carbocycles. The summed E-state index contributed by atoms with van der Waals surface area (Å²) >= 11 is 0. The summed E-state index contributed by atoms with van der Waals surface area (Å²) in [6, 6.07) is 0. The summed E-state index contributed by atoms with van der Waals surface area (Å²) < 4.78 is 5.30. The van der Waals surface area contributed by atoms with Crippen molar-refractivity contribution in [2.24, 2.45) is 11.8 Å². The first kappa shape index (κ1) is 13.9. The standard InChI is InChI=1S/C15H27NO2/c1-3-12-7-9-15(10-8-12,14(17)18-4-2)16-11-13-5-6-13/h12-13,16H,3-11H2,1-2H3. The van der Waals surface area contributed by atoms with Gasteiger partial charge in [0.1, 0.15) is 5.54 Å². The highest BCUT2D eigenvalue weighted by molar-refractivity contribution is 5.81. The van der Waals surface area contributed by atoms with Crippen LogP contribution in [0.15, 0.2) is 0 Å². The fourth-order valence-electron chi connectivity index (χ4n) is 2.96. The van der Waals surface area contributed by atoms with Gasteiger partial charge in [-0.2, -0.15) is 0 Å². The second-order valence-corrected chi connectivity index (χ2v) is 5.98. The Morgan fingerprint density at radius 1 is 1.17 bits per heavy atom. The molecule has 3 heteroatoms. The highest BCUT2D eigenvalue weighted by Crippen LogP contribution is 2.36. The average molecular weight is 253 g/mol. The molecule has 104 valence electrons. The van der Waals surface area contributed by atoms with Crippen molar-refractivity contribution in [1.29, 1.82) is 0 Å². The number of hydrogen-bond donors (Lipinski definition) is 1. The van der Waals surface area contributed by atoms with Crippen molar-refractivity contribution >= 4 is 5.97 Å². The van der Waals surface area contributed by atoms with Crippen LogP contribution in [0.2, 0.25) is 0 Å². The van der Waals surface area contributed by atoms with Gasteiger partial charge in [-0.05, 0) is 63.8 Å². The maximum atomic E-state index is 12.3. The maximum Gasteiger partial charge on any atom is 0.326 e. The van der Waals surface area contributed by atoms with Gasteiger partial charge < -0.3 is 10.1 Å². The molecule has 0 spiro atoms. The van der Waals surface area contributed by atoms with Crippen LogP contribution >= 0.6 is 0 Å². The fourth-order valence-corrected chi connectivity index (χ4v) is 2.96. The van der Waals surface area contributed by atoms with Crippen molar-refractivity contribution in [2.75, 3.05) is 13.2 Å². The minimum atomic E-state index is -0.371. The van der Waals surface area contributed by atoms with E-state index in [1.807, 2.05) is 6.92 Å². The van der Waals surface area contributed by atoms with Gasteiger partial charge in [-0.25, -0.2) is 0 Å². The quantitative estimate of drug-likeness (QED) is 0.740. The SMILES string of the molecule is CCOC(=O)C1(NCC2CC2)CCC(CC)CC1. The van der Waals surface area contributed by atoms with E-state index in [-0.39, 0.29) is 11.5 Å². The zero-order valence-electron chi connectivity index (χ0n) is 11.8. The molecular weight excluding hydrogens is 226 g/mol. The summed E-state index contributed by atoms with van der Waals surface area (Å²) in [6.07, 6.45) is 8.11. The van der Waals surface area contributed by atoms with E-state index in [9.17, 15) is 4.79 Å². The van der Waals surface area contributed by atoms with E-state index >= 15 is 0 Å². The van der Waals surface area contributed by atoms with Gasteiger partial charge in [0.25, 0.3) is 0 Å². The van der Waals surface area contributed by atoms with Gasteiger partial charge in [0.15, 0.2) is 0 Å². The lowest BCUT2D eigenvalue weighted by Crippen LogP contribution is -2.55. The molecule has 0 aromatic rings. The monoisotopic (exact) mass is 253 g/mol. The van der Waals surface area contributed by atoms with Crippen LogP contribution in [0.5, 0.6) is 0 Å². The van der Waals surface area contributed by atoms with Crippen LogP contribution in [0.25, 0.3) is 0 Å². The largest absolute Gasteiger partial charge is 0.465 e. The van der Waals surface area contributed by atoms with E-state index in [1.165, 1.54) is 19.3 Å². The van der Waals surface area contributed by atoms with Crippen LogP contribution in [0.3, 0.4) is 0 Å². The zero-order valence-corrected chi connectivity index (χ0v) is 11.8. The predicted octanol–water partition coefficient (Wildman–Crippen LogP) is 2.89. The van der Waals surface area contributed by atoms with E-state index < -0.39 is 0 Å². The Hall–Kier alpha value is -0.570. The Morgan fingerprint density at radius 3 is 2.33 bits per heavy atom. The second kappa shape index (κ2) is 6.05. The highest BCUT2D eigenvalue weighted by atomic mass is 16.5. The third kappa shape index (κ3) is 3.25. The van der Waals surface area contributed by atoms with Gasteiger partial charge in [-0.1, -0.05) is 13.3 Å².